The van der Waals surface area contributed by atoms with Crippen LogP contribution in [0, 0.1) is 6.92 Å². The Morgan fingerprint density at radius 1 is 0.974 bits per heavy atom. The molecule has 1 aliphatic rings. The molecule has 1 fully saturated rings. The fourth-order valence-electron chi connectivity index (χ4n) is 4.61. The summed E-state index contributed by atoms with van der Waals surface area (Å²) in [5, 5.41) is 3.09. The first-order chi connectivity index (χ1) is 18.6. The molecule has 0 atom stereocenters. The molecule has 4 aromatic rings. The van der Waals surface area contributed by atoms with Crippen molar-refractivity contribution in [2.24, 2.45) is 14.1 Å². The zero-order valence-electron chi connectivity index (χ0n) is 22.5. The van der Waals surface area contributed by atoms with Gasteiger partial charge in [0.1, 0.15) is 0 Å². The second-order valence-electron chi connectivity index (χ2n) is 9.73. The van der Waals surface area contributed by atoms with Crippen LogP contribution in [0.5, 0.6) is 0 Å². The number of carbonyl (C=O) groups is 2. The molecule has 2 aromatic carbocycles. The van der Waals surface area contributed by atoms with Gasteiger partial charge in [0.15, 0.2) is 11.6 Å². The van der Waals surface area contributed by atoms with Gasteiger partial charge in [0.2, 0.25) is 0 Å². The van der Waals surface area contributed by atoms with Crippen LogP contribution in [0.4, 0.5) is 27.8 Å². The van der Waals surface area contributed by atoms with Crippen molar-refractivity contribution in [1.82, 2.24) is 24.0 Å². The minimum Gasteiger partial charge on any atom is -0.345 e. The Morgan fingerprint density at radius 3 is 2.36 bits per heavy atom. The van der Waals surface area contributed by atoms with E-state index in [9.17, 15) is 14.4 Å². The van der Waals surface area contributed by atoms with E-state index in [2.05, 4.69) is 15.3 Å². The average molecular weight is 527 g/mol. The second kappa shape index (κ2) is 10.1. The minimum absolute atomic E-state index is 0.104. The summed E-state index contributed by atoms with van der Waals surface area (Å²) in [5.41, 5.74) is 3.94. The van der Waals surface area contributed by atoms with Crippen LogP contribution < -0.4 is 20.7 Å². The van der Waals surface area contributed by atoms with E-state index in [-0.39, 0.29) is 23.3 Å². The summed E-state index contributed by atoms with van der Waals surface area (Å²) in [6.07, 6.45) is 5.18. The van der Waals surface area contributed by atoms with Crippen molar-refractivity contribution in [3.63, 3.8) is 0 Å². The van der Waals surface area contributed by atoms with Gasteiger partial charge in [-0.3, -0.25) is 19.4 Å². The van der Waals surface area contributed by atoms with Crippen LogP contribution in [0.2, 0.25) is 0 Å². The number of aryl methyl sites for hydroxylation is 2. The smallest absolute Gasteiger partial charge is 0.330 e. The van der Waals surface area contributed by atoms with Gasteiger partial charge >= 0.3 is 6.03 Å². The van der Waals surface area contributed by atoms with Gasteiger partial charge in [0.25, 0.3) is 11.5 Å². The normalized spacial score (nSPS) is 13.2. The second-order valence-corrected chi connectivity index (χ2v) is 9.73. The number of urea groups is 1. The third kappa shape index (κ3) is 4.86. The molecule has 0 radical (unpaired) electrons. The molecule has 2 aromatic heterocycles. The first-order valence-corrected chi connectivity index (χ1v) is 12.5. The number of carbonyl (C=O) groups excluding carboxylic acids is 2. The molecule has 0 aliphatic carbocycles. The van der Waals surface area contributed by atoms with Gasteiger partial charge in [-0.05, 0) is 42.8 Å². The van der Waals surface area contributed by atoms with Gasteiger partial charge in [-0.25, -0.2) is 14.8 Å². The Kier molecular flexibility index (Phi) is 6.65. The monoisotopic (exact) mass is 526 g/mol. The lowest BCUT2D eigenvalue weighted by atomic mass is 10.0. The predicted molar refractivity (Wildman–Crippen MR) is 151 cm³/mol. The first kappa shape index (κ1) is 25.7. The molecule has 1 aliphatic heterocycles. The molecule has 11 heteroatoms. The lowest BCUT2D eigenvalue weighted by Gasteiger charge is -2.21. The zero-order chi connectivity index (χ0) is 27.8. The molecule has 1 N–H and O–H groups in total. The maximum atomic E-state index is 13.3. The Hall–Kier alpha value is -4.93. The van der Waals surface area contributed by atoms with Crippen LogP contribution in [-0.4, -0.2) is 63.1 Å². The maximum absolute atomic E-state index is 13.3. The molecule has 0 spiro atoms. The molecule has 39 heavy (non-hydrogen) atoms. The van der Waals surface area contributed by atoms with E-state index in [1.165, 1.54) is 9.47 Å². The molecular formula is C28H30N8O3. The van der Waals surface area contributed by atoms with Crippen molar-refractivity contribution >= 4 is 34.9 Å². The van der Waals surface area contributed by atoms with E-state index in [0.29, 0.717) is 35.9 Å². The highest BCUT2D eigenvalue weighted by atomic mass is 16.2. The maximum Gasteiger partial charge on any atom is 0.330 e. The van der Waals surface area contributed by atoms with Crippen molar-refractivity contribution < 1.29 is 9.59 Å². The predicted octanol–water partition coefficient (Wildman–Crippen LogP) is 3.38. The highest BCUT2D eigenvalue weighted by Crippen LogP contribution is 2.33. The first-order valence-electron chi connectivity index (χ1n) is 12.5. The number of hydrogen-bond donors (Lipinski definition) is 1. The molecule has 5 rings (SSSR count). The van der Waals surface area contributed by atoms with Gasteiger partial charge in [0.05, 0.1) is 12.0 Å². The number of aromatic nitrogens is 4. The van der Waals surface area contributed by atoms with Crippen molar-refractivity contribution in [2.75, 3.05) is 42.3 Å². The molecule has 3 heterocycles. The molecule has 0 bridgehead atoms. The summed E-state index contributed by atoms with van der Waals surface area (Å²) in [5.74, 6) is 0.672. The summed E-state index contributed by atoms with van der Waals surface area (Å²) in [6.45, 7) is 3.01. The quantitative estimate of drug-likeness (QED) is 0.413. The number of nitrogens with zero attached hydrogens (tertiary/aromatic N) is 7. The number of rotatable bonds is 6. The zero-order valence-corrected chi connectivity index (χ0v) is 22.5. The Balaban J connectivity index is 1.44. The molecular weight excluding hydrogens is 496 g/mol. The van der Waals surface area contributed by atoms with Crippen LogP contribution in [0.25, 0.3) is 11.3 Å². The Bertz CT molecular complexity index is 1620. The lowest BCUT2D eigenvalue weighted by Crippen LogP contribution is -2.32. The number of benzene rings is 2. The van der Waals surface area contributed by atoms with Crippen LogP contribution in [0.3, 0.4) is 0 Å². The van der Waals surface area contributed by atoms with Crippen molar-refractivity contribution in [3.8, 4) is 11.3 Å². The van der Waals surface area contributed by atoms with Crippen LogP contribution in [0.1, 0.15) is 15.9 Å². The summed E-state index contributed by atoms with van der Waals surface area (Å²) in [4.78, 5) is 52.3. The fourth-order valence-corrected chi connectivity index (χ4v) is 4.61. The number of amides is 3. The fraction of sp³-hybridized carbons (Fsp3) is 0.250. The summed E-state index contributed by atoms with van der Waals surface area (Å²) < 4.78 is 3.29. The standard InChI is InChI=1S/C28H30N8O3/c1-18-21(7-6-8-23(18)35-13-14-36(28(35)39)24-16-33(4)17-29-24)22-15-34(5)27(38)25(31-22)30-20-11-9-19(10-12-20)26(37)32(2)3/h6-12,15-17H,13-14H2,1-5H3,(H,30,31). The summed E-state index contributed by atoms with van der Waals surface area (Å²) in [6, 6.07) is 12.5. The highest BCUT2D eigenvalue weighted by molar-refractivity contribution is 6.06. The topological polar surface area (TPSA) is 109 Å². The summed E-state index contributed by atoms with van der Waals surface area (Å²) >= 11 is 0. The van der Waals surface area contributed by atoms with Crippen LogP contribution in [0.15, 0.2) is 66.0 Å². The molecule has 11 nitrogen and oxygen atoms in total. The van der Waals surface area contributed by atoms with Crippen LogP contribution in [-0.2, 0) is 14.1 Å². The number of nitrogens with one attached hydrogen (secondary N) is 1. The highest BCUT2D eigenvalue weighted by Gasteiger charge is 2.33. The van der Waals surface area contributed by atoms with Crippen molar-refractivity contribution in [3.05, 3.63) is 82.7 Å². The van der Waals surface area contributed by atoms with E-state index in [0.717, 1.165) is 16.8 Å². The van der Waals surface area contributed by atoms with E-state index >= 15 is 0 Å². The van der Waals surface area contributed by atoms with E-state index in [1.807, 2.05) is 42.9 Å². The molecule has 3 amide bonds. The number of hydrogen-bond acceptors (Lipinski definition) is 6. The van der Waals surface area contributed by atoms with Crippen LogP contribution >= 0.6 is 0 Å². The van der Waals surface area contributed by atoms with Gasteiger partial charge in [-0.2, -0.15) is 0 Å². The Morgan fingerprint density at radius 2 is 1.69 bits per heavy atom. The third-order valence-electron chi connectivity index (χ3n) is 6.72. The van der Waals surface area contributed by atoms with Gasteiger partial charge in [-0.1, -0.05) is 12.1 Å². The van der Waals surface area contributed by atoms with Gasteiger partial charge in [-0.15, -0.1) is 0 Å². The molecule has 0 saturated carbocycles. The lowest BCUT2D eigenvalue weighted by molar-refractivity contribution is 0.0827. The van der Waals surface area contributed by atoms with Gasteiger partial charge < -0.3 is 19.4 Å². The molecule has 0 unspecified atom stereocenters. The molecule has 200 valence electrons. The largest absolute Gasteiger partial charge is 0.345 e. The van der Waals surface area contributed by atoms with Crippen molar-refractivity contribution in [1.29, 1.82) is 0 Å². The average Bonchev–Trinajstić information content (AvgIpc) is 3.51. The summed E-state index contributed by atoms with van der Waals surface area (Å²) in [7, 11) is 6.93. The van der Waals surface area contributed by atoms with Gasteiger partial charge in [0, 0.05) is 76.2 Å². The Labute approximate surface area is 225 Å². The number of imidazole rings is 1. The molecule has 1 saturated heterocycles. The SMILES string of the molecule is Cc1c(-c2cn(C)c(=O)c(Nc3ccc(C(=O)N(C)C)cc3)n2)cccc1N1CCN(c2cn(C)cn2)C1=O. The van der Waals surface area contributed by atoms with Crippen molar-refractivity contribution in [2.45, 2.75) is 6.92 Å². The van der Waals surface area contributed by atoms with E-state index in [4.69, 9.17) is 0 Å². The van der Waals surface area contributed by atoms with E-state index in [1.54, 1.807) is 67.7 Å². The minimum atomic E-state index is -0.290. The third-order valence-corrected chi connectivity index (χ3v) is 6.72. The number of anilines is 4. The van der Waals surface area contributed by atoms with E-state index < -0.39 is 0 Å².